The molecule has 0 spiro atoms. The summed E-state index contributed by atoms with van der Waals surface area (Å²) >= 11 is 0. The molecule has 2 aromatic heterocycles. The minimum Gasteiger partial charge on any atom is -0.452 e. The Labute approximate surface area is 236 Å². The smallest absolute Gasteiger partial charge is 0.160 e. The SMILES string of the molecule is [2H]c1c([2H])c([2H])c2c(c1[2H])c1c([2H])c([2H])c([2H])c([2H])c1n2-c1ccc(-c2ccc3c4ccccc4n4c3c2Oc2ccccc2-4)cc1. The van der Waals surface area contributed by atoms with Crippen molar-refractivity contribution >= 4 is 43.6 Å². The summed E-state index contributed by atoms with van der Waals surface area (Å²) in [5.74, 6) is 1.45. The van der Waals surface area contributed by atoms with Crippen LogP contribution in [-0.4, -0.2) is 9.13 Å². The van der Waals surface area contributed by atoms with E-state index in [0.29, 0.717) is 11.4 Å². The summed E-state index contributed by atoms with van der Waals surface area (Å²) in [6.07, 6.45) is 0. The van der Waals surface area contributed by atoms with Gasteiger partial charge in [0, 0.05) is 32.8 Å². The average Bonchev–Trinajstić information content (AvgIpc) is 3.64. The summed E-state index contributed by atoms with van der Waals surface area (Å²) in [6.45, 7) is 0. The lowest BCUT2D eigenvalue weighted by Gasteiger charge is -2.23. The fourth-order valence-electron chi connectivity index (χ4n) is 5.92. The number of nitrogens with zero attached hydrogens (tertiary/aromatic N) is 2. The second-order valence-corrected chi connectivity index (χ2v) is 9.59. The molecule has 0 fully saturated rings. The van der Waals surface area contributed by atoms with Gasteiger partial charge < -0.3 is 13.9 Å². The van der Waals surface area contributed by atoms with Crippen LogP contribution in [0.3, 0.4) is 0 Å². The van der Waals surface area contributed by atoms with Gasteiger partial charge in [-0.25, -0.2) is 0 Å². The van der Waals surface area contributed by atoms with Gasteiger partial charge >= 0.3 is 0 Å². The predicted molar refractivity (Wildman–Crippen MR) is 161 cm³/mol. The molecule has 0 saturated heterocycles. The third-order valence-corrected chi connectivity index (χ3v) is 7.58. The van der Waals surface area contributed by atoms with Gasteiger partial charge in [0.25, 0.3) is 0 Å². The second kappa shape index (κ2) is 7.62. The van der Waals surface area contributed by atoms with Gasteiger partial charge in [-0.1, -0.05) is 84.8 Å². The maximum atomic E-state index is 8.79. The van der Waals surface area contributed by atoms with Gasteiger partial charge in [-0.15, -0.1) is 0 Å². The van der Waals surface area contributed by atoms with Gasteiger partial charge in [0.05, 0.1) is 38.7 Å². The first-order valence-corrected chi connectivity index (χ1v) is 12.6. The van der Waals surface area contributed by atoms with E-state index in [2.05, 4.69) is 22.8 Å². The van der Waals surface area contributed by atoms with Crippen molar-refractivity contribution < 1.29 is 15.7 Å². The molecule has 1 aliphatic heterocycles. The van der Waals surface area contributed by atoms with Crippen molar-refractivity contribution in [2.75, 3.05) is 0 Å². The van der Waals surface area contributed by atoms with Gasteiger partial charge in [0.1, 0.15) is 0 Å². The highest BCUT2D eigenvalue weighted by Crippen LogP contribution is 2.49. The van der Waals surface area contributed by atoms with Crippen molar-refractivity contribution in [1.29, 1.82) is 0 Å². The lowest BCUT2D eigenvalue weighted by Crippen LogP contribution is -2.05. The summed E-state index contributed by atoms with van der Waals surface area (Å²) in [5, 5.41) is 2.29. The molecule has 39 heavy (non-hydrogen) atoms. The number of fused-ring (bicyclic) bond motifs is 8. The third-order valence-electron chi connectivity index (χ3n) is 7.58. The molecular weight excluding hydrogens is 476 g/mol. The lowest BCUT2D eigenvalue weighted by atomic mass is 10.0. The largest absolute Gasteiger partial charge is 0.452 e. The first-order chi connectivity index (χ1) is 22.7. The number of hydrogen-bond acceptors (Lipinski definition) is 1. The molecule has 0 radical (unpaired) electrons. The fourth-order valence-corrected chi connectivity index (χ4v) is 5.92. The first kappa shape index (κ1) is 14.6. The maximum Gasteiger partial charge on any atom is 0.160 e. The Balaban J connectivity index is 1.31. The Morgan fingerprint density at radius 3 is 2.03 bits per heavy atom. The topological polar surface area (TPSA) is 19.1 Å². The normalized spacial score (nSPS) is 15.2. The molecule has 182 valence electrons. The Bertz CT molecular complexity index is 2620. The zero-order valence-electron chi connectivity index (χ0n) is 28.4. The van der Waals surface area contributed by atoms with Crippen molar-refractivity contribution in [3.05, 3.63) is 133 Å². The number of ether oxygens (including phenoxy) is 1. The monoisotopic (exact) mass is 506 g/mol. The molecular formula is C36H22N2O. The van der Waals surface area contributed by atoms with Gasteiger partial charge in [-0.05, 0) is 54.0 Å². The zero-order chi connectivity index (χ0) is 32.5. The van der Waals surface area contributed by atoms with Crippen LogP contribution in [-0.2, 0) is 0 Å². The maximum absolute atomic E-state index is 8.79. The van der Waals surface area contributed by atoms with E-state index in [9.17, 15) is 0 Å². The van der Waals surface area contributed by atoms with Gasteiger partial charge in [-0.3, -0.25) is 0 Å². The third kappa shape index (κ3) is 2.76. The Kier molecular flexibility index (Phi) is 2.85. The van der Waals surface area contributed by atoms with Crippen LogP contribution in [0, 0.1) is 0 Å². The quantitative estimate of drug-likeness (QED) is 0.228. The van der Waals surface area contributed by atoms with Crippen LogP contribution in [0.15, 0.2) is 133 Å². The number of hydrogen-bond donors (Lipinski definition) is 0. The summed E-state index contributed by atoms with van der Waals surface area (Å²) in [5.41, 5.74) is 5.35. The van der Waals surface area contributed by atoms with Crippen molar-refractivity contribution in [3.8, 4) is 34.0 Å². The molecule has 0 atom stereocenters. The van der Waals surface area contributed by atoms with E-state index in [0.717, 1.165) is 44.4 Å². The van der Waals surface area contributed by atoms with Crippen LogP contribution >= 0.6 is 0 Å². The van der Waals surface area contributed by atoms with Crippen molar-refractivity contribution in [2.45, 2.75) is 0 Å². The Morgan fingerprint density at radius 2 is 1.23 bits per heavy atom. The molecule has 0 N–H and O–H groups in total. The van der Waals surface area contributed by atoms with Crippen molar-refractivity contribution in [2.24, 2.45) is 0 Å². The van der Waals surface area contributed by atoms with E-state index in [-0.39, 0.29) is 46.0 Å². The summed E-state index contributed by atoms with van der Waals surface area (Å²) in [7, 11) is 0. The second-order valence-electron chi connectivity index (χ2n) is 9.59. The molecule has 0 unspecified atom stereocenters. The van der Waals surface area contributed by atoms with Gasteiger partial charge in [-0.2, -0.15) is 0 Å². The number of aromatic nitrogens is 2. The molecule has 3 heterocycles. The van der Waals surface area contributed by atoms with Crippen LogP contribution in [0.4, 0.5) is 0 Å². The molecule has 3 nitrogen and oxygen atoms in total. The van der Waals surface area contributed by atoms with Crippen LogP contribution in [0.2, 0.25) is 0 Å². The van der Waals surface area contributed by atoms with Crippen LogP contribution in [0.5, 0.6) is 11.5 Å². The van der Waals surface area contributed by atoms with Gasteiger partial charge in [0.2, 0.25) is 0 Å². The lowest BCUT2D eigenvalue weighted by molar-refractivity contribution is 0.478. The summed E-state index contributed by atoms with van der Waals surface area (Å²) < 4.78 is 78.6. The molecule has 8 aromatic rings. The molecule has 1 aliphatic rings. The molecule has 9 rings (SSSR count). The number of para-hydroxylation sites is 5. The fraction of sp³-hybridized carbons (Fsp3) is 0. The van der Waals surface area contributed by atoms with Crippen LogP contribution < -0.4 is 4.74 Å². The van der Waals surface area contributed by atoms with Crippen LogP contribution in [0.1, 0.15) is 11.0 Å². The van der Waals surface area contributed by atoms with Gasteiger partial charge in [0.15, 0.2) is 11.5 Å². The highest BCUT2D eigenvalue weighted by atomic mass is 16.5. The van der Waals surface area contributed by atoms with E-state index in [4.69, 9.17) is 15.7 Å². The van der Waals surface area contributed by atoms with Crippen molar-refractivity contribution in [3.63, 3.8) is 0 Å². The van der Waals surface area contributed by atoms with E-state index in [1.807, 2.05) is 54.6 Å². The van der Waals surface area contributed by atoms with Crippen molar-refractivity contribution in [1.82, 2.24) is 9.13 Å². The van der Waals surface area contributed by atoms with E-state index < -0.39 is 24.2 Å². The Hall–Kier alpha value is -5.28. The highest BCUT2D eigenvalue weighted by Gasteiger charge is 2.26. The number of rotatable bonds is 2. The number of benzene rings is 6. The minimum atomic E-state index is -0.465. The average molecular weight is 507 g/mol. The minimum absolute atomic E-state index is 0.0526. The molecule has 0 aliphatic carbocycles. The summed E-state index contributed by atoms with van der Waals surface area (Å²) in [4.78, 5) is 0. The molecule has 6 aromatic carbocycles. The van der Waals surface area contributed by atoms with E-state index in [1.54, 1.807) is 12.1 Å². The van der Waals surface area contributed by atoms with Crippen LogP contribution in [0.25, 0.3) is 66.1 Å². The zero-order valence-corrected chi connectivity index (χ0v) is 20.4. The molecule has 3 heteroatoms. The Morgan fingerprint density at radius 1 is 0.538 bits per heavy atom. The van der Waals surface area contributed by atoms with E-state index in [1.165, 1.54) is 4.57 Å². The summed E-state index contributed by atoms with van der Waals surface area (Å²) in [6, 6.07) is 24.5. The molecule has 0 bridgehead atoms. The predicted octanol–water partition coefficient (Wildman–Crippen LogP) is 9.65. The standard InChI is InChI=1S/C36H22N2O/c1-4-12-30-26(9-1)27-10-2-5-13-31(27)37(30)24-19-17-23(18-20-24)25-21-22-29-28-11-3-6-14-32(28)38-33-15-7-8-16-34(33)39-36(25)35(29)38/h1-22H/i1D,2D,4D,5D,9D,10D,12D,13D. The molecule has 0 amide bonds. The van der Waals surface area contributed by atoms with E-state index >= 15 is 0 Å². The highest BCUT2D eigenvalue weighted by molar-refractivity contribution is 6.14. The molecule has 0 saturated carbocycles. The first-order valence-electron chi connectivity index (χ1n) is 16.6.